The van der Waals surface area contributed by atoms with E-state index in [1.165, 1.54) is 23.9 Å². The fourth-order valence-corrected chi connectivity index (χ4v) is 4.47. The molecule has 164 valence electrons. The van der Waals surface area contributed by atoms with Gasteiger partial charge in [-0.2, -0.15) is 0 Å². The summed E-state index contributed by atoms with van der Waals surface area (Å²) < 4.78 is 35.5. The Morgan fingerprint density at radius 1 is 1.09 bits per heavy atom. The highest BCUT2D eigenvalue weighted by Gasteiger charge is 2.24. The van der Waals surface area contributed by atoms with Crippen LogP contribution in [0.25, 0.3) is 5.65 Å². The van der Waals surface area contributed by atoms with Crippen LogP contribution < -0.4 is 14.8 Å². The predicted octanol–water partition coefficient (Wildman–Crippen LogP) is 2.80. The van der Waals surface area contributed by atoms with E-state index in [1.54, 1.807) is 50.4 Å². The number of amides is 1. The van der Waals surface area contributed by atoms with E-state index in [-0.39, 0.29) is 22.3 Å². The Morgan fingerprint density at radius 2 is 1.84 bits per heavy atom. The molecule has 1 aromatic carbocycles. The Kier molecular flexibility index (Phi) is 5.49. The number of carbonyl (C=O) groups excluding carboxylic acids is 1. The molecular weight excluding hydrogens is 432 g/mol. The normalized spacial score (nSPS) is 11.3. The van der Waals surface area contributed by atoms with Gasteiger partial charge in [0.15, 0.2) is 10.5 Å². The monoisotopic (exact) mass is 452 g/mol. The number of aromatic nitrogens is 4. The van der Waals surface area contributed by atoms with E-state index in [1.807, 2.05) is 6.07 Å². The van der Waals surface area contributed by atoms with Gasteiger partial charge in [0.25, 0.3) is 15.9 Å². The Morgan fingerprint density at radius 3 is 2.53 bits per heavy atom. The fraction of sp³-hybridized carbons (Fsp3) is 0.143. The first-order valence-corrected chi connectivity index (χ1v) is 11.0. The molecule has 0 aliphatic carbocycles. The van der Waals surface area contributed by atoms with E-state index >= 15 is 0 Å². The first kappa shape index (κ1) is 21.2. The maximum atomic E-state index is 13.1. The SMILES string of the molecule is COc1ncc(NC(=O)c2nc3ccccn3n2)cc1S(=O)(=O)Nc1c(C)cccc1C. The van der Waals surface area contributed by atoms with Gasteiger partial charge in [0.2, 0.25) is 11.7 Å². The van der Waals surface area contributed by atoms with Crippen molar-refractivity contribution in [1.29, 1.82) is 0 Å². The molecule has 0 fully saturated rings. The summed E-state index contributed by atoms with van der Waals surface area (Å²) in [5.74, 6) is -0.774. The molecule has 1 amide bonds. The first-order chi connectivity index (χ1) is 15.3. The number of methoxy groups -OCH3 is 1. The van der Waals surface area contributed by atoms with Crippen LogP contribution in [0.1, 0.15) is 21.7 Å². The summed E-state index contributed by atoms with van der Waals surface area (Å²) in [7, 11) is -2.75. The van der Waals surface area contributed by atoms with Crippen molar-refractivity contribution in [3.05, 3.63) is 71.8 Å². The van der Waals surface area contributed by atoms with E-state index in [4.69, 9.17) is 4.74 Å². The standard InChI is InChI=1S/C21H20N6O4S/c1-13-7-6-8-14(2)18(13)26-32(29,30)16-11-15(12-22-21(16)31-3)23-20(28)19-24-17-9-4-5-10-27(17)25-19/h4-12,26H,1-3H3,(H,23,28). The number of carbonyl (C=O) groups is 1. The lowest BCUT2D eigenvalue weighted by Crippen LogP contribution is -2.18. The van der Waals surface area contributed by atoms with E-state index in [9.17, 15) is 13.2 Å². The lowest BCUT2D eigenvalue weighted by Gasteiger charge is -2.15. The van der Waals surface area contributed by atoms with Crippen molar-refractivity contribution < 1.29 is 17.9 Å². The zero-order valence-corrected chi connectivity index (χ0v) is 18.3. The molecule has 0 radical (unpaired) electrons. The smallest absolute Gasteiger partial charge is 0.295 e. The van der Waals surface area contributed by atoms with Gasteiger partial charge in [-0.25, -0.2) is 22.9 Å². The Bertz CT molecular complexity index is 1380. The molecule has 0 saturated carbocycles. The second-order valence-corrected chi connectivity index (χ2v) is 8.65. The molecule has 2 N–H and O–H groups in total. The van der Waals surface area contributed by atoms with Gasteiger partial charge >= 0.3 is 0 Å². The molecule has 4 rings (SSSR count). The molecule has 32 heavy (non-hydrogen) atoms. The average molecular weight is 452 g/mol. The summed E-state index contributed by atoms with van der Waals surface area (Å²) in [6.45, 7) is 3.61. The second kappa shape index (κ2) is 8.27. The van der Waals surface area contributed by atoms with Crippen LogP contribution in [0.3, 0.4) is 0 Å². The van der Waals surface area contributed by atoms with Gasteiger partial charge in [0, 0.05) is 6.20 Å². The molecule has 3 heterocycles. The van der Waals surface area contributed by atoms with Crippen LogP contribution in [-0.4, -0.2) is 41.0 Å². The summed E-state index contributed by atoms with van der Waals surface area (Å²) in [5, 5.41) is 6.69. The Hall–Kier alpha value is -3.99. The van der Waals surface area contributed by atoms with Gasteiger partial charge in [-0.05, 0) is 43.2 Å². The van der Waals surface area contributed by atoms with E-state index in [0.29, 0.717) is 11.3 Å². The van der Waals surface area contributed by atoms with Gasteiger partial charge in [-0.3, -0.25) is 9.52 Å². The molecular formula is C21H20N6O4S. The van der Waals surface area contributed by atoms with Crippen LogP contribution in [0.15, 0.2) is 59.8 Å². The number of nitrogens with one attached hydrogen (secondary N) is 2. The molecule has 0 bridgehead atoms. The van der Waals surface area contributed by atoms with Gasteiger partial charge in [0.05, 0.1) is 24.7 Å². The highest BCUT2D eigenvalue weighted by molar-refractivity contribution is 7.92. The summed E-state index contributed by atoms with van der Waals surface area (Å²) >= 11 is 0. The minimum atomic E-state index is -4.07. The number of aryl methyl sites for hydroxylation is 2. The number of sulfonamides is 1. The molecule has 0 aliphatic heterocycles. The number of rotatable bonds is 6. The predicted molar refractivity (Wildman–Crippen MR) is 118 cm³/mol. The Labute approximate surface area is 184 Å². The van der Waals surface area contributed by atoms with E-state index in [0.717, 1.165) is 11.1 Å². The summed E-state index contributed by atoms with van der Waals surface area (Å²) in [4.78, 5) is 20.6. The molecule has 0 atom stereocenters. The molecule has 3 aromatic heterocycles. The van der Waals surface area contributed by atoms with Crippen LogP contribution in [0.2, 0.25) is 0 Å². The van der Waals surface area contributed by atoms with Gasteiger partial charge in [-0.15, -0.1) is 5.10 Å². The quantitative estimate of drug-likeness (QED) is 0.460. The number of hydrogen-bond donors (Lipinski definition) is 2. The third-order valence-electron chi connectivity index (χ3n) is 4.72. The van der Waals surface area contributed by atoms with Crippen molar-refractivity contribution in [3.63, 3.8) is 0 Å². The zero-order valence-electron chi connectivity index (χ0n) is 17.5. The summed E-state index contributed by atoms with van der Waals surface area (Å²) in [6, 6.07) is 12.0. The van der Waals surface area contributed by atoms with Crippen molar-refractivity contribution in [2.24, 2.45) is 0 Å². The van der Waals surface area contributed by atoms with Crippen molar-refractivity contribution >= 4 is 33.0 Å². The minimum absolute atomic E-state index is 0.0647. The average Bonchev–Trinajstić information content (AvgIpc) is 3.21. The molecule has 4 aromatic rings. The Balaban J connectivity index is 1.65. The number of fused-ring (bicyclic) bond motifs is 1. The third-order valence-corrected chi connectivity index (χ3v) is 6.07. The van der Waals surface area contributed by atoms with Crippen molar-refractivity contribution in [2.45, 2.75) is 18.7 Å². The number of benzene rings is 1. The van der Waals surface area contributed by atoms with E-state index < -0.39 is 15.9 Å². The maximum absolute atomic E-state index is 13.1. The number of ether oxygens (including phenoxy) is 1. The van der Waals surface area contributed by atoms with Gasteiger partial charge in [0.1, 0.15) is 0 Å². The molecule has 0 aliphatic rings. The largest absolute Gasteiger partial charge is 0.480 e. The minimum Gasteiger partial charge on any atom is -0.480 e. The molecule has 10 nitrogen and oxygen atoms in total. The molecule has 11 heteroatoms. The number of nitrogens with zero attached hydrogens (tertiary/aromatic N) is 4. The molecule has 0 spiro atoms. The van der Waals surface area contributed by atoms with Gasteiger partial charge in [-0.1, -0.05) is 24.3 Å². The number of anilines is 2. The maximum Gasteiger partial charge on any atom is 0.295 e. The summed E-state index contributed by atoms with van der Waals surface area (Å²) in [5.41, 5.74) is 2.66. The first-order valence-electron chi connectivity index (χ1n) is 9.54. The number of pyridine rings is 2. The molecule has 0 unspecified atom stereocenters. The summed E-state index contributed by atoms with van der Waals surface area (Å²) in [6.07, 6.45) is 2.96. The lowest BCUT2D eigenvalue weighted by atomic mass is 10.1. The topological polar surface area (TPSA) is 128 Å². The van der Waals surface area contributed by atoms with Crippen molar-refractivity contribution in [3.8, 4) is 5.88 Å². The number of hydrogen-bond acceptors (Lipinski definition) is 7. The van der Waals surface area contributed by atoms with Crippen LogP contribution >= 0.6 is 0 Å². The lowest BCUT2D eigenvalue weighted by molar-refractivity contribution is 0.101. The molecule has 0 saturated heterocycles. The van der Waals surface area contributed by atoms with Crippen LogP contribution in [0.5, 0.6) is 5.88 Å². The van der Waals surface area contributed by atoms with E-state index in [2.05, 4.69) is 25.1 Å². The highest BCUT2D eigenvalue weighted by Crippen LogP contribution is 2.29. The number of para-hydroxylation sites is 1. The second-order valence-electron chi connectivity index (χ2n) is 7.00. The van der Waals surface area contributed by atoms with Gasteiger partial charge < -0.3 is 10.1 Å². The van der Waals surface area contributed by atoms with Crippen molar-refractivity contribution in [2.75, 3.05) is 17.1 Å². The van der Waals surface area contributed by atoms with Crippen molar-refractivity contribution in [1.82, 2.24) is 19.6 Å². The highest BCUT2D eigenvalue weighted by atomic mass is 32.2. The van der Waals surface area contributed by atoms with Crippen LogP contribution in [0, 0.1) is 13.8 Å². The fourth-order valence-electron chi connectivity index (χ4n) is 3.13. The van der Waals surface area contributed by atoms with Crippen LogP contribution in [0.4, 0.5) is 11.4 Å². The van der Waals surface area contributed by atoms with Crippen LogP contribution in [-0.2, 0) is 10.0 Å². The third kappa shape index (κ3) is 4.10. The zero-order chi connectivity index (χ0) is 22.9.